The first-order chi connectivity index (χ1) is 24.3. The molecular formula is C46H28N2S. The summed E-state index contributed by atoms with van der Waals surface area (Å²) >= 11 is 1.88. The van der Waals surface area contributed by atoms with Gasteiger partial charge in [0, 0.05) is 36.5 Å². The van der Waals surface area contributed by atoms with Gasteiger partial charge >= 0.3 is 0 Å². The fourth-order valence-electron chi connectivity index (χ4n) is 7.29. The van der Waals surface area contributed by atoms with Crippen LogP contribution in [0.15, 0.2) is 170 Å². The van der Waals surface area contributed by atoms with Crippen LogP contribution in [0.1, 0.15) is 0 Å². The molecule has 2 heterocycles. The van der Waals surface area contributed by atoms with Gasteiger partial charge in [0.25, 0.3) is 0 Å². The van der Waals surface area contributed by atoms with Crippen LogP contribution in [0.25, 0.3) is 97.4 Å². The van der Waals surface area contributed by atoms with E-state index in [4.69, 9.17) is 9.97 Å². The van der Waals surface area contributed by atoms with E-state index in [0.717, 1.165) is 38.6 Å². The molecule has 3 heteroatoms. The first-order valence-electron chi connectivity index (χ1n) is 16.6. The number of benzene rings is 8. The van der Waals surface area contributed by atoms with Crippen LogP contribution in [0.5, 0.6) is 0 Å². The highest BCUT2D eigenvalue weighted by Gasteiger charge is 2.13. The molecule has 0 bridgehead atoms. The summed E-state index contributed by atoms with van der Waals surface area (Å²) in [5.74, 6) is 0. The molecule has 49 heavy (non-hydrogen) atoms. The van der Waals surface area contributed by atoms with Crippen molar-refractivity contribution in [1.29, 1.82) is 0 Å². The third-order valence-corrected chi connectivity index (χ3v) is 11.0. The third kappa shape index (κ3) is 4.62. The van der Waals surface area contributed by atoms with Crippen molar-refractivity contribution in [2.24, 2.45) is 0 Å². The second-order valence-corrected chi connectivity index (χ2v) is 13.6. The number of thiophene rings is 1. The average molecular weight is 641 g/mol. The highest BCUT2D eigenvalue weighted by Crippen LogP contribution is 2.40. The maximum atomic E-state index is 5.21. The molecule has 10 rings (SSSR count). The van der Waals surface area contributed by atoms with Crippen LogP contribution in [0.3, 0.4) is 0 Å². The Morgan fingerprint density at radius 1 is 0.367 bits per heavy atom. The van der Waals surface area contributed by atoms with E-state index < -0.39 is 0 Å². The maximum absolute atomic E-state index is 5.21. The van der Waals surface area contributed by atoms with Gasteiger partial charge in [0.15, 0.2) is 0 Å². The van der Waals surface area contributed by atoms with Crippen molar-refractivity contribution >= 4 is 64.1 Å². The lowest BCUT2D eigenvalue weighted by Crippen LogP contribution is -1.92. The highest BCUT2D eigenvalue weighted by molar-refractivity contribution is 7.26. The van der Waals surface area contributed by atoms with E-state index in [2.05, 4.69) is 164 Å². The van der Waals surface area contributed by atoms with Crippen LogP contribution in [0.2, 0.25) is 0 Å². The largest absolute Gasteiger partial charge is 0.252 e. The fraction of sp³-hybridized carbons (Fsp3) is 0. The summed E-state index contributed by atoms with van der Waals surface area (Å²) < 4.78 is 2.68. The van der Waals surface area contributed by atoms with Crippen molar-refractivity contribution in [3.05, 3.63) is 170 Å². The number of hydrogen-bond donors (Lipinski definition) is 0. The molecule has 0 unspecified atom stereocenters. The van der Waals surface area contributed by atoms with Gasteiger partial charge in [-0.1, -0.05) is 152 Å². The molecular weight excluding hydrogens is 613 g/mol. The number of rotatable bonds is 4. The van der Waals surface area contributed by atoms with E-state index in [0.29, 0.717) is 0 Å². The molecule has 228 valence electrons. The molecule has 0 amide bonds. The van der Waals surface area contributed by atoms with Gasteiger partial charge in [0.2, 0.25) is 0 Å². The Morgan fingerprint density at radius 3 is 1.61 bits per heavy atom. The zero-order valence-electron chi connectivity index (χ0n) is 26.5. The molecule has 0 spiro atoms. The lowest BCUT2D eigenvalue weighted by molar-refractivity contribution is 1.31. The minimum Gasteiger partial charge on any atom is -0.252 e. The van der Waals surface area contributed by atoms with Crippen molar-refractivity contribution < 1.29 is 0 Å². The first-order valence-corrected chi connectivity index (χ1v) is 17.4. The Balaban J connectivity index is 0.963. The van der Waals surface area contributed by atoms with Gasteiger partial charge in [-0.15, -0.1) is 11.3 Å². The van der Waals surface area contributed by atoms with E-state index in [1.54, 1.807) is 0 Å². The zero-order chi connectivity index (χ0) is 32.3. The fourth-order valence-corrected chi connectivity index (χ4v) is 8.53. The second-order valence-electron chi connectivity index (χ2n) is 12.6. The van der Waals surface area contributed by atoms with Crippen LogP contribution < -0.4 is 0 Å². The van der Waals surface area contributed by atoms with Crippen molar-refractivity contribution in [2.45, 2.75) is 0 Å². The van der Waals surface area contributed by atoms with Crippen molar-refractivity contribution in [3.8, 4) is 44.6 Å². The Bertz CT molecular complexity index is 2830. The molecule has 8 aromatic carbocycles. The monoisotopic (exact) mass is 640 g/mol. The minimum atomic E-state index is 0.873. The number of hydrogen-bond acceptors (Lipinski definition) is 3. The minimum absolute atomic E-state index is 0.873. The molecule has 2 nitrogen and oxygen atoms in total. The molecule has 0 fully saturated rings. The van der Waals surface area contributed by atoms with Crippen molar-refractivity contribution in [2.75, 3.05) is 0 Å². The molecule has 0 saturated carbocycles. The van der Waals surface area contributed by atoms with Gasteiger partial charge in [-0.25, -0.2) is 4.98 Å². The van der Waals surface area contributed by atoms with Gasteiger partial charge in [-0.3, -0.25) is 4.98 Å². The number of nitrogens with zero attached hydrogens (tertiary/aromatic N) is 2. The maximum Gasteiger partial charge on any atom is 0.0979 e. The summed E-state index contributed by atoms with van der Waals surface area (Å²) in [6, 6.07) is 58.8. The molecule has 0 aliphatic heterocycles. The molecule has 0 aliphatic rings. The van der Waals surface area contributed by atoms with E-state index in [-0.39, 0.29) is 0 Å². The van der Waals surface area contributed by atoms with Crippen LogP contribution in [0, 0.1) is 0 Å². The van der Waals surface area contributed by atoms with E-state index >= 15 is 0 Å². The molecule has 0 atom stereocenters. The van der Waals surface area contributed by atoms with E-state index in [1.807, 2.05) is 17.5 Å². The van der Waals surface area contributed by atoms with Gasteiger partial charge < -0.3 is 0 Å². The number of aromatic nitrogens is 2. The predicted molar refractivity (Wildman–Crippen MR) is 209 cm³/mol. The normalized spacial score (nSPS) is 11.7. The highest BCUT2D eigenvalue weighted by atomic mass is 32.1. The third-order valence-electron chi connectivity index (χ3n) is 9.74. The van der Waals surface area contributed by atoms with Gasteiger partial charge in [0.05, 0.1) is 22.9 Å². The first kappa shape index (κ1) is 27.9. The Hall–Kier alpha value is -6.16. The zero-order valence-corrected chi connectivity index (χ0v) is 27.3. The average Bonchev–Trinajstić information content (AvgIpc) is 3.57. The standard InChI is InChI=1S/C46H28N2S/c1-3-14-39-36(11-1)37-12-2-4-15-40(37)45-44(39)47-28-42(48-45)34-10-7-9-33(27-34)31-21-19-29(20-22-31)30-23-25-32(26-24-30)35-16-8-17-41-38-13-5-6-18-43(38)49-46(35)41/h1-28H. The van der Waals surface area contributed by atoms with Crippen molar-refractivity contribution in [3.63, 3.8) is 0 Å². The molecule has 0 aliphatic carbocycles. The summed E-state index contributed by atoms with van der Waals surface area (Å²) in [5.41, 5.74) is 11.1. The SMILES string of the molecule is c1cc(-c2ccc(-c3ccc(-c4cccc5c4sc4ccccc45)cc3)cc2)cc(-c2cnc3c4ccccc4c4ccccc4c3n2)c1. The summed E-state index contributed by atoms with van der Waals surface area (Å²) in [7, 11) is 0. The molecule has 0 N–H and O–H groups in total. The summed E-state index contributed by atoms with van der Waals surface area (Å²) in [4.78, 5) is 10.2. The summed E-state index contributed by atoms with van der Waals surface area (Å²) in [6.45, 7) is 0. The van der Waals surface area contributed by atoms with E-state index in [9.17, 15) is 0 Å². The predicted octanol–water partition coefficient (Wildman–Crippen LogP) is 13.0. The Labute approximate surface area is 287 Å². The Kier molecular flexibility index (Phi) is 6.39. The smallest absolute Gasteiger partial charge is 0.0979 e. The quantitative estimate of drug-likeness (QED) is 0.179. The topological polar surface area (TPSA) is 25.8 Å². The van der Waals surface area contributed by atoms with Crippen LogP contribution >= 0.6 is 11.3 Å². The second kappa shape index (κ2) is 11.2. The number of fused-ring (bicyclic) bond motifs is 9. The van der Waals surface area contributed by atoms with Crippen LogP contribution in [0.4, 0.5) is 0 Å². The Morgan fingerprint density at radius 2 is 0.898 bits per heavy atom. The molecule has 10 aromatic rings. The summed E-state index contributed by atoms with van der Waals surface area (Å²) in [5, 5.41) is 7.33. The molecule has 0 radical (unpaired) electrons. The van der Waals surface area contributed by atoms with Crippen LogP contribution in [-0.4, -0.2) is 9.97 Å². The van der Waals surface area contributed by atoms with Gasteiger partial charge in [-0.2, -0.15) is 0 Å². The summed E-state index contributed by atoms with van der Waals surface area (Å²) in [6.07, 6.45) is 1.91. The van der Waals surface area contributed by atoms with Gasteiger partial charge in [0.1, 0.15) is 0 Å². The van der Waals surface area contributed by atoms with Gasteiger partial charge in [-0.05, 0) is 56.3 Å². The molecule has 2 aromatic heterocycles. The lowest BCUT2D eigenvalue weighted by Gasteiger charge is -2.11. The lowest BCUT2D eigenvalue weighted by atomic mass is 9.96. The van der Waals surface area contributed by atoms with Crippen molar-refractivity contribution in [1.82, 2.24) is 9.97 Å². The molecule has 0 saturated heterocycles. The van der Waals surface area contributed by atoms with E-state index in [1.165, 1.54) is 58.8 Å². The van der Waals surface area contributed by atoms with Crippen LogP contribution in [-0.2, 0) is 0 Å².